The van der Waals surface area contributed by atoms with Crippen molar-refractivity contribution in [3.05, 3.63) is 23.8 Å². The Labute approximate surface area is 120 Å². The molecular weight excluding hydrogens is 256 g/mol. The van der Waals surface area contributed by atoms with E-state index in [0.29, 0.717) is 18.9 Å². The zero-order valence-corrected chi connectivity index (χ0v) is 12.3. The van der Waals surface area contributed by atoms with Crippen LogP contribution in [0.3, 0.4) is 0 Å². The Bertz CT molecular complexity index is 468. The van der Waals surface area contributed by atoms with E-state index in [2.05, 4.69) is 6.92 Å². The van der Waals surface area contributed by atoms with Crippen molar-refractivity contribution < 1.29 is 19.0 Å². The average molecular weight is 278 g/mol. The van der Waals surface area contributed by atoms with Crippen LogP contribution in [0.5, 0.6) is 11.5 Å². The van der Waals surface area contributed by atoms with Gasteiger partial charge in [-0.3, -0.25) is 4.79 Å². The number of rotatable bonds is 6. The summed E-state index contributed by atoms with van der Waals surface area (Å²) >= 11 is 0. The fraction of sp³-hybridized carbons (Fsp3) is 0.562. The molecule has 4 heteroatoms. The van der Waals surface area contributed by atoms with Crippen molar-refractivity contribution in [3.63, 3.8) is 0 Å². The molecule has 1 aromatic carbocycles. The van der Waals surface area contributed by atoms with Gasteiger partial charge in [-0.1, -0.05) is 26.8 Å². The van der Waals surface area contributed by atoms with Crippen LogP contribution >= 0.6 is 0 Å². The molecule has 110 valence electrons. The second-order valence-corrected chi connectivity index (χ2v) is 5.50. The third kappa shape index (κ3) is 3.65. The number of fused-ring (bicyclic) bond motifs is 1. The van der Waals surface area contributed by atoms with Crippen LogP contribution in [0.2, 0.25) is 0 Å². The molecule has 2 rings (SSSR count). The number of ether oxygens (including phenoxy) is 3. The third-order valence-electron chi connectivity index (χ3n) is 3.35. The second-order valence-electron chi connectivity index (χ2n) is 5.50. The predicted molar refractivity (Wildman–Crippen MR) is 76.0 cm³/mol. The highest BCUT2D eigenvalue weighted by atomic mass is 16.7. The molecule has 1 unspecified atom stereocenters. The molecule has 0 aliphatic carbocycles. The summed E-state index contributed by atoms with van der Waals surface area (Å²) in [6.07, 6.45) is 1.29. The van der Waals surface area contributed by atoms with E-state index in [1.807, 2.05) is 32.0 Å². The molecule has 20 heavy (non-hydrogen) atoms. The minimum absolute atomic E-state index is 0.136. The lowest BCUT2D eigenvalue weighted by Gasteiger charge is -2.15. The highest BCUT2D eigenvalue weighted by Crippen LogP contribution is 2.36. The number of benzene rings is 1. The third-order valence-corrected chi connectivity index (χ3v) is 3.35. The van der Waals surface area contributed by atoms with E-state index >= 15 is 0 Å². The van der Waals surface area contributed by atoms with E-state index in [1.54, 1.807) is 0 Å². The minimum atomic E-state index is -0.136. The molecule has 4 nitrogen and oxygen atoms in total. The lowest BCUT2D eigenvalue weighted by Crippen LogP contribution is -2.13. The van der Waals surface area contributed by atoms with Gasteiger partial charge in [0, 0.05) is 0 Å². The lowest BCUT2D eigenvalue weighted by atomic mass is 9.93. The van der Waals surface area contributed by atoms with Crippen LogP contribution in [0.1, 0.15) is 45.1 Å². The fourth-order valence-corrected chi connectivity index (χ4v) is 2.18. The van der Waals surface area contributed by atoms with Crippen molar-refractivity contribution in [2.75, 3.05) is 13.4 Å². The summed E-state index contributed by atoms with van der Waals surface area (Å²) in [6.45, 7) is 6.89. The second kappa shape index (κ2) is 6.64. The summed E-state index contributed by atoms with van der Waals surface area (Å²) in [5, 5.41) is 0. The molecule has 1 heterocycles. The maximum absolute atomic E-state index is 11.8. The van der Waals surface area contributed by atoms with Crippen molar-refractivity contribution in [2.24, 2.45) is 5.92 Å². The van der Waals surface area contributed by atoms with Gasteiger partial charge in [0.2, 0.25) is 6.79 Å². The molecule has 0 amide bonds. The van der Waals surface area contributed by atoms with Gasteiger partial charge < -0.3 is 14.2 Å². The van der Waals surface area contributed by atoms with Crippen molar-refractivity contribution in [2.45, 2.75) is 39.5 Å². The molecule has 0 saturated carbocycles. The van der Waals surface area contributed by atoms with Crippen molar-refractivity contribution in [3.8, 4) is 11.5 Å². The van der Waals surface area contributed by atoms with Crippen LogP contribution in [0.25, 0.3) is 0 Å². The molecule has 1 aromatic rings. The standard InChI is InChI=1S/C16H22O4/c1-4-12(8-16(17)18-9-11(2)3)13-5-6-14-15(7-13)20-10-19-14/h5-7,11-12H,4,8-10H2,1-3H3. The van der Waals surface area contributed by atoms with Crippen LogP contribution in [-0.4, -0.2) is 19.4 Å². The van der Waals surface area contributed by atoms with Crippen LogP contribution < -0.4 is 9.47 Å². The number of carbonyl (C=O) groups is 1. The maximum atomic E-state index is 11.8. The SMILES string of the molecule is CCC(CC(=O)OCC(C)C)c1ccc2c(c1)OCO2. The molecule has 1 aliphatic rings. The lowest BCUT2D eigenvalue weighted by molar-refractivity contribution is -0.145. The van der Waals surface area contributed by atoms with E-state index in [0.717, 1.165) is 23.5 Å². The number of hydrogen-bond acceptors (Lipinski definition) is 4. The first-order valence-corrected chi connectivity index (χ1v) is 7.15. The topological polar surface area (TPSA) is 44.8 Å². The minimum Gasteiger partial charge on any atom is -0.465 e. The van der Waals surface area contributed by atoms with Crippen molar-refractivity contribution in [1.29, 1.82) is 0 Å². The predicted octanol–water partition coefficient (Wildman–Crippen LogP) is 3.50. The van der Waals surface area contributed by atoms with Gasteiger partial charge in [-0.2, -0.15) is 0 Å². The molecular formula is C16H22O4. The summed E-state index contributed by atoms with van der Waals surface area (Å²) < 4.78 is 15.9. The van der Waals surface area contributed by atoms with E-state index in [4.69, 9.17) is 14.2 Å². The van der Waals surface area contributed by atoms with Gasteiger partial charge in [-0.05, 0) is 36.0 Å². The Morgan fingerprint density at radius 3 is 2.75 bits per heavy atom. The molecule has 1 atom stereocenters. The molecule has 0 bridgehead atoms. The maximum Gasteiger partial charge on any atom is 0.306 e. The van der Waals surface area contributed by atoms with E-state index < -0.39 is 0 Å². The number of carbonyl (C=O) groups excluding carboxylic acids is 1. The smallest absolute Gasteiger partial charge is 0.306 e. The average Bonchev–Trinajstić information content (AvgIpc) is 2.89. The normalized spacial score (nSPS) is 14.4. The first-order chi connectivity index (χ1) is 9.60. The van der Waals surface area contributed by atoms with Gasteiger partial charge >= 0.3 is 5.97 Å². The largest absolute Gasteiger partial charge is 0.465 e. The van der Waals surface area contributed by atoms with Gasteiger partial charge in [0.1, 0.15) is 0 Å². The molecule has 0 radical (unpaired) electrons. The van der Waals surface area contributed by atoms with Gasteiger partial charge in [0.15, 0.2) is 11.5 Å². The van der Waals surface area contributed by atoms with Gasteiger partial charge in [0.05, 0.1) is 13.0 Å². The number of esters is 1. The summed E-state index contributed by atoms with van der Waals surface area (Å²) in [4.78, 5) is 11.8. The summed E-state index contributed by atoms with van der Waals surface area (Å²) in [6, 6.07) is 5.86. The summed E-state index contributed by atoms with van der Waals surface area (Å²) in [7, 11) is 0. The molecule has 1 aliphatic heterocycles. The van der Waals surface area contributed by atoms with E-state index in [-0.39, 0.29) is 18.7 Å². The Kier molecular flexibility index (Phi) is 4.88. The molecule has 0 spiro atoms. The van der Waals surface area contributed by atoms with Gasteiger partial charge in [-0.15, -0.1) is 0 Å². The van der Waals surface area contributed by atoms with E-state index in [1.165, 1.54) is 0 Å². The van der Waals surface area contributed by atoms with Crippen LogP contribution in [-0.2, 0) is 9.53 Å². The van der Waals surface area contributed by atoms with Crippen LogP contribution in [0.4, 0.5) is 0 Å². The van der Waals surface area contributed by atoms with Crippen LogP contribution in [0.15, 0.2) is 18.2 Å². The Balaban J connectivity index is 1.99. The van der Waals surface area contributed by atoms with Crippen LogP contribution in [0, 0.1) is 5.92 Å². The zero-order valence-electron chi connectivity index (χ0n) is 12.3. The summed E-state index contributed by atoms with van der Waals surface area (Å²) in [5.41, 5.74) is 1.10. The Morgan fingerprint density at radius 2 is 2.05 bits per heavy atom. The van der Waals surface area contributed by atoms with Gasteiger partial charge in [-0.25, -0.2) is 0 Å². The van der Waals surface area contributed by atoms with Crippen molar-refractivity contribution in [1.82, 2.24) is 0 Å². The number of hydrogen-bond donors (Lipinski definition) is 0. The molecule has 0 fully saturated rings. The Morgan fingerprint density at radius 1 is 1.30 bits per heavy atom. The zero-order chi connectivity index (χ0) is 14.5. The summed E-state index contributed by atoms with van der Waals surface area (Å²) in [5.74, 6) is 1.92. The monoisotopic (exact) mass is 278 g/mol. The van der Waals surface area contributed by atoms with E-state index in [9.17, 15) is 4.79 Å². The van der Waals surface area contributed by atoms with Crippen molar-refractivity contribution >= 4 is 5.97 Å². The van der Waals surface area contributed by atoms with Gasteiger partial charge in [0.25, 0.3) is 0 Å². The molecule has 0 N–H and O–H groups in total. The first kappa shape index (κ1) is 14.7. The molecule has 0 aromatic heterocycles. The highest BCUT2D eigenvalue weighted by Gasteiger charge is 2.20. The quantitative estimate of drug-likeness (QED) is 0.747. The fourth-order valence-electron chi connectivity index (χ4n) is 2.18. The highest BCUT2D eigenvalue weighted by molar-refractivity contribution is 5.70. The Hall–Kier alpha value is -1.71. The first-order valence-electron chi connectivity index (χ1n) is 7.15. The molecule has 0 saturated heterocycles.